The highest BCUT2D eigenvalue weighted by atomic mass is 16.1. The summed E-state index contributed by atoms with van der Waals surface area (Å²) in [5, 5.41) is 7.35. The van der Waals surface area contributed by atoms with Crippen molar-refractivity contribution in [3.63, 3.8) is 0 Å². The van der Waals surface area contributed by atoms with Crippen LogP contribution in [0.2, 0.25) is 0 Å². The maximum atomic E-state index is 11.7. The molecule has 1 atom stereocenters. The number of aromatic amines is 2. The van der Waals surface area contributed by atoms with Crippen LogP contribution < -0.4 is 16.3 Å². The van der Waals surface area contributed by atoms with Crippen LogP contribution in [0.25, 0.3) is 21.5 Å². The fourth-order valence-corrected chi connectivity index (χ4v) is 5.94. The van der Waals surface area contributed by atoms with Crippen molar-refractivity contribution in [1.29, 1.82) is 0 Å². The first-order chi connectivity index (χ1) is 20.7. The molecular weight excluding hydrogens is 524 g/mol. The molecule has 2 aromatic heterocycles. The predicted octanol–water partition coefficient (Wildman–Crippen LogP) is 5.12. The van der Waals surface area contributed by atoms with E-state index in [0.29, 0.717) is 39.9 Å². The molecule has 42 heavy (non-hydrogen) atoms. The molecule has 0 amide bonds. The van der Waals surface area contributed by atoms with Gasteiger partial charge in [0.1, 0.15) is 35.1 Å². The Morgan fingerprint density at radius 3 is 1.98 bits per heavy atom. The van der Waals surface area contributed by atoms with E-state index in [1.54, 1.807) is 6.07 Å². The van der Waals surface area contributed by atoms with Gasteiger partial charge in [-0.15, -0.1) is 0 Å². The van der Waals surface area contributed by atoms with Gasteiger partial charge in [-0.3, -0.25) is 4.79 Å². The number of aromatic nitrogens is 2. The minimum atomic E-state index is -0.433. The molecule has 9 nitrogen and oxygen atoms in total. The van der Waals surface area contributed by atoms with E-state index < -0.39 is 6.17 Å². The molecule has 0 saturated heterocycles. The van der Waals surface area contributed by atoms with Crippen LogP contribution in [-0.4, -0.2) is 33.8 Å². The smallest absolute Gasteiger partial charge is 0.164 e. The average Bonchev–Trinajstić information content (AvgIpc) is 3.76. The van der Waals surface area contributed by atoms with Crippen LogP contribution >= 0.6 is 0 Å². The lowest BCUT2D eigenvalue weighted by Gasteiger charge is -2.12. The molecule has 8 bridgehead atoms. The molecule has 0 aliphatic carbocycles. The number of hydrogen-bond acceptors (Lipinski definition) is 7. The Morgan fingerprint density at radius 1 is 0.595 bits per heavy atom. The normalized spacial score (nSPS) is 16.5. The molecule has 1 unspecified atom stereocenters. The Balaban J connectivity index is 1.39. The first kappa shape index (κ1) is 22.8. The van der Waals surface area contributed by atoms with Gasteiger partial charge in [-0.05, 0) is 6.07 Å². The zero-order chi connectivity index (χ0) is 27.8. The Labute approximate surface area is 237 Å². The summed E-state index contributed by atoms with van der Waals surface area (Å²) >= 11 is 0. The second-order valence-corrected chi connectivity index (χ2v) is 10.4. The van der Waals surface area contributed by atoms with E-state index in [1.807, 2.05) is 84.9 Å². The van der Waals surface area contributed by atoms with Gasteiger partial charge >= 0.3 is 0 Å². The molecule has 0 spiro atoms. The molecule has 0 saturated carbocycles. The zero-order valence-corrected chi connectivity index (χ0v) is 22.0. The summed E-state index contributed by atoms with van der Waals surface area (Å²) < 4.78 is 0. The van der Waals surface area contributed by atoms with Crippen molar-refractivity contribution in [2.75, 3.05) is 5.32 Å². The topological polar surface area (TPSA) is 122 Å². The Hall–Kier alpha value is -5.96. The number of carbonyl (C=O) groups is 1. The number of aliphatic imine (C=N–C) groups is 3. The van der Waals surface area contributed by atoms with Gasteiger partial charge < -0.3 is 15.3 Å². The fourth-order valence-electron chi connectivity index (χ4n) is 5.94. The molecule has 3 aliphatic rings. The monoisotopic (exact) mass is 544 g/mol. The van der Waals surface area contributed by atoms with E-state index in [0.717, 1.165) is 55.9 Å². The number of amidine groups is 3. The van der Waals surface area contributed by atoms with Crippen LogP contribution in [0.3, 0.4) is 0 Å². The number of fused-ring (bicyclic) bond motifs is 18. The van der Waals surface area contributed by atoms with Crippen molar-refractivity contribution < 1.29 is 4.79 Å². The maximum Gasteiger partial charge on any atom is 0.164 e. The summed E-state index contributed by atoms with van der Waals surface area (Å²) in [6.45, 7) is 0. The second kappa shape index (κ2) is 8.52. The van der Waals surface area contributed by atoms with Crippen LogP contribution in [0, 0.1) is 0 Å². The number of carbonyl (C=O) groups excluding carboxylic acids is 1. The lowest BCUT2D eigenvalue weighted by molar-refractivity contribution is 0.112. The summed E-state index contributed by atoms with van der Waals surface area (Å²) in [5.41, 5.74) is 5.39. The minimum absolute atomic E-state index is 0.433. The van der Waals surface area contributed by atoms with Crippen molar-refractivity contribution in [1.82, 2.24) is 9.97 Å². The molecule has 3 N–H and O–H groups in total. The molecule has 3 aliphatic heterocycles. The summed E-state index contributed by atoms with van der Waals surface area (Å²) in [4.78, 5) is 43.6. The van der Waals surface area contributed by atoms with Crippen molar-refractivity contribution in [3.05, 3.63) is 130 Å². The average molecular weight is 545 g/mol. The van der Waals surface area contributed by atoms with E-state index in [-0.39, 0.29) is 0 Å². The first-order valence-electron chi connectivity index (χ1n) is 13.6. The van der Waals surface area contributed by atoms with Crippen molar-refractivity contribution in [2.45, 2.75) is 6.17 Å². The SMILES string of the molecule is O=Cc1ccc2c(c1)C1=NC2Nc2[nH]c(c3ccccc23)N=C2N=C(N=c3[nH]c(c4ccccc34)=N1)c1ccccc12. The van der Waals surface area contributed by atoms with Gasteiger partial charge in [-0.2, -0.15) is 0 Å². The molecule has 6 aromatic rings. The molecule has 4 aromatic carbocycles. The molecule has 0 fully saturated rings. The largest absolute Gasteiger partial charge is 0.346 e. The Kier molecular flexibility index (Phi) is 4.63. The number of anilines is 1. The Bertz CT molecular complexity index is 2370. The number of rotatable bonds is 1. The third-order valence-electron chi connectivity index (χ3n) is 7.92. The maximum absolute atomic E-state index is 11.7. The summed E-state index contributed by atoms with van der Waals surface area (Å²) in [7, 11) is 0. The van der Waals surface area contributed by atoms with Crippen molar-refractivity contribution in [2.24, 2.45) is 25.0 Å². The highest BCUT2D eigenvalue weighted by Gasteiger charge is 2.28. The van der Waals surface area contributed by atoms with E-state index in [2.05, 4.69) is 15.3 Å². The number of hydrogen-bond donors (Lipinski definition) is 3. The van der Waals surface area contributed by atoms with Crippen molar-refractivity contribution >= 4 is 57.0 Å². The highest BCUT2D eigenvalue weighted by Crippen LogP contribution is 2.38. The van der Waals surface area contributed by atoms with E-state index in [4.69, 9.17) is 25.0 Å². The van der Waals surface area contributed by atoms with Crippen LogP contribution in [0.4, 0.5) is 11.6 Å². The standard InChI is InChI=1S/C33H20N8O/c42-16-17-13-14-24-25(15-17)33-40-31-23-12-6-5-11-22(23)29(38-31)36-27-19-8-2-1-7-18(19)26(34-27)35-28-20-9-3-4-10-21(20)30(37-28)39-32(24)41-33/h1-16,32,37,39H,(H,34,35,36,38,40,41). The molecule has 9 heteroatoms. The third-order valence-corrected chi connectivity index (χ3v) is 7.92. The van der Waals surface area contributed by atoms with E-state index in [9.17, 15) is 4.79 Å². The van der Waals surface area contributed by atoms with Crippen LogP contribution in [0.1, 0.15) is 38.8 Å². The number of nitrogens with zero attached hydrogens (tertiary/aromatic N) is 5. The van der Waals surface area contributed by atoms with E-state index >= 15 is 0 Å². The molecule has 5 heterocycles. The van der Waals surface area contributed by atoms with Gasteiger partial charge in [-0.1, -0.05) is 84.9 Å². The van der Waals surface area contributed by atoms with Crippen LogP contribution in [0.15, 0.2) is 116 Å². The van der Waals surface area contributed by atoms with Gasteiger partial charge in [0.2, 0.25) is 0 Å². The summed E-state index contributed by atoms with van der Waals surface area (Å²) in [6.07, 6.45) is 0.407. The quantitative estimate of drug-likeness (QED) is 0.249. The zero-order valence-electron chi connectivity index (χ0n) is 22.0. The summed E-state index contributed by atoms with van der Waals surface area (Å²) in [5.74, 6) is 3.15. The van der Waals surface area contributed by atoms with Crippen molar-refractivity contribution in [3.8, 4) is 0 Å². The first-order valence-corrected chi connectivity index (χ1v) is 13.6. The summed E-state index contributed by atoms with van der Waals surface area (Å²) in [6, 6.07) is 29.6. The van der Waals surface area contributed by atoms with Crippen LogP contribution in [0.5, 0.6) is 0 Å². The number of H-pyrrole nitrogens is 2. The second-order valence-electron chi connectivity index (χ2n) is 10.4. The predicted molar refractivity (Wildman–Crippen MR) is 163 cm³/mol. The molecular formula is C33H20N8O. The fraction of sp³-hybridized carbons (Fsp3) is 0.0303. The highest BCUT2D eigenvalue weighted by molar-refractivity contribution is 6.23. The number of aldehydes is 1. The lowest BCUT2D eigenvalue weighted by atomic mass is 10.0. The number of benzene rings is 4. The van der Waals surface area contributed by atoms with E-state index in [1.165, 1.54) is 0 Å². The van der Waals surface area contributed by atoms with Crippen LogP contribution in [-0.2, 0) is 0 Å². The lowest BCUT2D eigenvalue weighted by Crippen LogP contribution is -2.15. The molecule has 0 radical (unpaired) electrons. The van der Waals surface area contributed by atoms with Gasteiger partial charge in [0.15, 0.2) is 17.5 Å². The Morgan fingerprint density at radius 2 is 1.24 bits per heavy atom. The molecule has 198 valence electrons. The van der Waals surface area contributed by atoms with Gasteiger partial charge in [-0.25, -0.2) is 25.0 Å². The number of nitrogens with one attached hydrogen (secondary N) is 3. The van der Waals surface area contributed by atoms with Gasteiger partial charge in [0, 0.05) is 49.4 Å². The third kappa shape index (κ3) is 3.30. The van der Waals surface area contributed by atoms with Gasteiger partial charge in [0.05, 0.1) is 0 Å². The van der Waals surface area contributed by atoms with Gasteiger partial charge in [0.25, 0.3) is 0 Å². The minimum Gasteiger partial charge on any atom is -0.346 e. The molecule has 9 rings (SSSR count).